The number of fused-ring (bicyclic) bond motifs is 1. The Kier molecular flexibility index (Phi) is 4.63. The first-order valence-corrected chi connectivity index (χ1v) is 11.0. The number of piperazine rings is 1. The summed E-state index contributed by atoms with van der Waals surface area (Å²) in [5.41, 5.74) is 1.49. The van der Waals surface area contributed by atoms with Crippen LogP contribution < -0.4 is 4.74 Å². The number of amides is 1. The Morgan fingerprint density at radius 1 is 1.22 bits per heavy atom. The van der Waals surface area contributed by atoms with Gasteiger partial charge in [-0.05, 0) is 31.5 Å². The number of nitrogens with zero attached hydrogens (tertiary/aromatic N) is 2. The number of methoxy groups -OCH3 is 1. The van der Waals surface area contributed by atoms with E-state index in [2.05, 4.69) is 4.90 Å². The molecule has 2 fully saturated rings. The van der Waals surface area contributed by atoms with Crippen molar-refractivity contribution in [3.8, 4) is 5.75 Å². The van der Waals surface area contributed by atoms with Crippen LogP contribution in [0, 0.1) is 6.92 Å². The maximum Gasteiger partial charge on any atom is 0.289 e. The van der Waals surface area contributed by atoms with Gasteiger partial charge in [-0.1, -0.05) is 0 Å². The second-order valence-electron chi connectivity index (χ2n) is 7.30. The highest BCUT2D eigenvalue weighted by Crippen LogP contribution is 2.30. The molecule has 1 atom stereocenters. The molecule has 0 radical (unpaired) electrons. The number of ether oxygens (including phenoxy) is 1. The number of sulfone groups is 1. The van der Waals surface area contributed by atoms with Crippen LogP contribution in [0.4, 0.5) is 0 Å². The van der Waals surface area contributed by atoms with Gasteiger partial charge in [0.05, 0.1) is 18.6 Å². The first-order valence-electron chi connectivity index (χ1n) is 9.19. The van der Waals surface area contributed by atoms with Crippen molar-refractivity contribution in [1.29, 1.82) is 0 Å². The molecule has 0 unspecified atom stereocenters. The van der Waals surface area contributed by atoms with Gasteiger partial charge >= 0.3 is 0 Å². The van der Waals surface area contributed by atoms with Gasteiger partial charge in [-0.3, -0.25) is 9.69 Å². The van der Waals surface area contributed by atoms with Crippen LogP contribution in [0.3, 0.4) is 0 Å². The zero-order chi connectivity index (χ0) is 19.2. The van der Waals surface area contributed by atoms with Crippen molar-refractivity contribution in [2.45, 2.75) is 19.4 Å². The standard InChI is InChI=1S/C19H24N2O5S/c1-13-16-11-15(25-2)3-4-17(16)26-18(13)19(22)21-8-6-20(7-9-21)14-5-10-27(23,24)12-14/h3-4,11,14H,5-10,12H2,1-2H3/t14-/m1/s1. The third kappa shape index (κ3) is 3.43. The predicted octanol–water partition coefficient (Wildman–Crippen LogP) is 1.69. The van der Waals surface area contributed by atoms with Gasteiger partial charge in [0.25, 0.3) is 5.91 Å². The highest BCUT2D eigenvalue weighted by Gasteiger charge is 2.35. The van der Waals surface area contributed by atoms with E-state index in [-0.39, 0.29) is 23.5 Å². The fourth-order valence-corrected chi connectivity index (χ4v) is 5.79. The average Bonchev–Trinajstić information content (AvgIpc) is 3.20. The van der Waals surface area contributed by atoms with Crippen LogP contribution in [0.5, 0.6) is 5.75 Å². The summed E-state index contributed by atoms with van der Waals surface area (Å²) in [6.07, 6.45) is 0.695. The van der Waals surface area contributed by atoms with Gasteiger partial charge in [0.2, 0.25) is 0 Å². The fraction of sp³-hybridized carbons (Fsp3) is 0.526. The second kappa shape index (κ2) is 6.83. The van der Waals surface area contributed by atoms with Crippen LogP contribution in [0.2, 0.25) is 0 Å². The fourth-order valence-electron chi connectivity index (χ4n) is 4.03. The minimum absolute atomic E-state index is 0.0904. The smallest absolute Gasteiger partial charge is 0.289 e. The molecule has 0 spiro atoms. The van der Waals surface area contributed by atoms with Gasteiger partial charge in [-0.2, -0.15) is 0 Å². The quantitative estimate of drug-likeness (QED) is 0.791. The lowest BCUT2D eigenvalue weighted by Crippen LogP contribution is -2.52. The molecule has 146 valence electrons. The van der Waals surface area contributed by atoms with Crippen LogP contribution in [0.15, 0.2) is 22.6 Å². The van der Waals surface area contributed by atoms with Crippen LogP contribution in [-0.4, -0.2) is 75.0 Å². The number of carbonyl (C=O) groups excluding carboxylic acids is 1. The monoisotopic (exact) mass is 392 g/mol. The van der Waals surface area contributed by atoms with Crippen molar-refractivity contribution in [3.05, 3.63) is 29.5 Å². The molecule has 1 amide bonds. The van der Waals surface area contributed by atoms with E-state index < -0.39 is 9.84 Å². The largest absolute Gasteiger partial charge is 0.497 e. The lowest BCUT2D eigenvalue weighted by atomic mass is 10.1. The second-order valence-corrected chi connectivity index (χ2v) is 9.53. The molecule has 0 N–H and O–H groups in total. The number of furan rings is 1. The van der Waals surface area contributed by atoms with Gasteiger partial charge in [0.15, 0.2) is 15.6 Å². The van der Waals surface area contributed by atoms with Crippen LogP contribution >= 0.6 is 0 Å². The van der Waals surface area contributed by atoms with Crippen LogP contribution in [0.25, 0.3) is 11.0 Å². The van der Waals surface area contributed by atoms with Crippen molar-refractivity contribution in [1.82, 2.24) is 9.80 Å². The number of hydrogen-bond acceptors (Lipinski definition) is 6. The number of benzene rings is 1. The Labute approximate surface area is 158 Å². The third-order valence-corrected chi connectivity index (χ3v) is 7.41. The topological polar surface area (TPSA) is 80.1 Å². The number of aryl methyl sites for hydroxylation is 1. The van der Waals surface area contributed by atoms with Crippen molar-refractivity contribution in [2.75, 3.05) is 44.8 Å². The van der Waals surface area contributed by atoms with Crippen molar-refractivity contribution in [3.63, 3.8) is 0 Å². The Hall–Kier alpha value is -2.06. The lowest BCUT2D eigenvalue weighted by molar-refractivity contribution is 0.0560. The van der Waals surface area contributed by atoms with E-state index in [4.69, 9.17) is 9.15 Å². The predicted molar refractivity (Wildman–Crippen MR) is 102 cm³/mol. The van der Waals surface area contributed by atoms with E-state index in [1.807, 2.05) is 25.1 Å². The van der Waals surface area contributed by atoms with Crippen molar-refractivity contribution >= 4 is 26.7 Å². The maximum absolute atomic E-state index is 13.0. The highest BCUT2D eigenvalue weighted by molar-refractivity contribution is 7.91. The van der Waals surface area contributed by atoms with Crippen molar-refractivity contribution in [2.24, 2.45) is 0 Å². The first kappa shape index (κ1) is 18.3. The third-order valence-electron chi connectivity index (χ3n) is 5.66. The summed E-state index contributed by atoms with van der Waals surface area (Å²) in [5, 5.41) is 0.882. The van der Waals surface area contributed by atoms with E-state index in [1.54, 1.807) is 12.0 Å². The minimum atomic E-state index is -2.89. The van der Waals surface area contributed by atoms with Crippen LogP contribution in [0.1, 0.15) is 22.5 Å². The molecule has 8 heteroatoms. The molecule has 4 rings (SSSR count). The Morgan fingerprint density at radius 2 is 1.96 bits per heavy atom. The van der Waals surface area contributed by atoms with E-state index in [0.717, 1.165) is 16.7 Å². The lowest BCUT2D eigenvalue weighted by Gasteiger charge is -2.37. The first-order chi connectivity index (χ1) is 12.9. The molecular weight excluding hydrogens is 368 g/mol. The van der Waals surface area contributed by atoms with Gasteiger partial charge in [-0.15, -0.1) is 0 Å². The summed E-state index contributed by atoms with van der Waals surface area (Å²) in [5.74, 6) is 1.51. The molecule has 0 saturated carbocycles. The molecule has 1 aromatic heterocycles. The van der Waals surface area contributed by atoms with E-state index in [1.165, 1.54) is 0 Å². The maximum atomic E-state index is 13.0. The molecular formula is C19H24N2O5S. The van der Waals surface area contributed by atoms with E-state index in [0.29, 0.717) is 43.9 Å². The molecule has 0 aliphatic carbocycles. The summed E-state index contributed by atoms with van der Waals surface area (Å²) in [6, 6.07) is 5.60. The normalized spacial score (nSPS) is 23.0. The molecule has 7 nitrogen and oxygen atoms in total. The Morgan fingerprint density at radius 3 is 2.59 bits per heavy atom. The van der Waals surface area contributed by atoms with Gasteiger partial charge < -0.3 is 14.1 Å². The number of carbonyl (C=O) groups is 1. The average molecular weight is 392 g/mol. The summed E-state index contributed by atoms with van der Waals surface area (Å²) >= 11 is 0. The molecule has 0 bridgehead atoms. The summed E-state index contributed by atoms with van der Waals surface area (Å²) in [6.45, 7) is 4.43. The molecule has 2 aromatic rings. The Bertz CT molecular complexity index is 973. The van der Waals surface area contributed by atoms with E-state index >= 15 is 0 Å². The molecule has 2 aliphatic rings. The number of hydrogen-bond donors (Lipinski definition) is 0. The molecule has 2 aliphatic heterocycles. The number of rotatable bonds is 3. The summed E-state index contributed by atoms with van der Waals surface area (Å²) < 4.78 is 34.5. The molecule has 2 saturated heterocycles. The van der Waals surface area contributed by atoms with Crippen molar-refractivity contribution < 1.29 is 22.4 Å². The zero-order valence-corrected chi connectivity index (χ0v) is 16.4. The SMILES string of the molecule is COc1ccc2oc(C(=O)N3CCN([C@@H]4CCS(=O)(=O)C4)CC3)c(C)c2c1. The van der Waals surface area contributed by atoms with Gasteiger partial charge in [0, 0.05) is 43.2 Å². The zero-order valence-electron chi connectivity index (χ0n) is 15.6. The molecule has 27 heavy (non-hydrogen) atoms. The van der Waals surface area contributed by atoms with Gasteiger partial charge in [0.1, 0.15) is 11.3 Å². The minimum Gasteiger partial charge on any atom is -0.497 e. The van der Waals surface area contributed by atoms with Gasteiger partial charge in [-0.25, -0.2) is 8.42 Å². The molecule has 1 aromatic carbocycles. The summed E-state index contributed by atoms with van der Waals surface area (Å²) in [4.78, 5) is 17.0. The van der Waals surface area contributed by atoms with Crippen LogP contribution in [-0.2, 0) is 9.84 Å². The Balaban J connectivity index is 1.47. The highest BCUT2D eigenvalue weighted by atomic mass is 32.2. The van der Waals surface area contributed by atoms with E-state index in [9.17, 15) is 13.2 Å². The summed E-state index contributed by atoms with van der Waals surface area (Å²) in [7, 11) is -1.28. The molecule has 3 heterocycles.